The molecule has 2 aliphatic carbocycles. The van der Waals surface area contributed by atoms with Crippen LogP contribution in [0.15, 0.2) is 121 Å². The summed E-state index contributed by atoms with van der Waals surface area (Å²) in [6.45, 7) is 5.70. The molecule has 2 heteroatoms. The van der Waals surface area contributed by atoms with E-state index < -0.39 is 0 Å². The molecule has 8 rings (SSSR count). The first-order valence-corrected chi connectivity index (χ1v) is 25.1. The minimum Gasteiger partial charge on any atom is -0.488 e. The number of ether oxygens (including phenoxy) is 2. The molecule has 0 aromatic heterocycles. The Morgan fingerprint density at radius 2 is 0.726 bits per heavy atom. The van der Waals surface area contributed by atoms with Gasteiger partial charge in [-0.1, -0.05) is 226 Å². The number of hydrogen-bond donors (Lipinski definition) is 0. The molecule has 6 aromatic rings. The Labute approximate surface area is 374 Å². The van der Waals surface area contributed by atoms with Crippen LogP contribution in [0.25, 0.3) is 32.7 Å². The van der Waals surface area contributed by atoms with E-state index in [1.165, 1.54) is 159 Å². The molecular weight excluding hydrogens is 753 g/mol. The maximum atomic E-state index is 6.83. The average molecular weight is 827 g/mol. The Hall–Kier alpha value is -4.56. The van der Waals surface area contributed by atoms with Crippen molar-refractivity contribution in [2.45, 2.75) is 155 Å². The first-order chi connectivity index (χ1) is 30.6. The summed E-state index contributed by atoms with van der Waals surface area (Å²) < 4.78 is 13.7. The Morgan fingerprint density at radius 1 is 0.371 bits per heavy atom. The predicted molar refractivity (Wildman–Crippen MR) is 264 cm³/mol. The molecule has 6 aromatic carbocycles. The minimum atomic E-state index is 0.514. The van der Waals surface area contributed by atoms with E-state index in [4.69, 9.17) is 9.47 Å². The zero-order valence-electron chi connectivity index (χ0n) is 38.2. The van der Waals surface area contributed by atoms with Crippen molar-refractivity contribution in [3.8, 4) is 22.6 Å². The van der Waals surface area contributed by atoms with Crippen LogP contribution in [0.2, 0.25) is 0 Å². The monoisotopic (exact) mass is 827 g/mol. The number of aryl methyl sites for hydroxylation is 2. The normalized spacial score (nSPS) is 19.2. The molecule has 2 saturated carbocycles. The van der Waals surface area contributed by atoms with Gasteiger partial charge < -0.3 is 9.47 Å². The molecule has 0 heterocycles. The van der Waals surface area contributed by atoms with E-state index in [1.54, 1.807) is 0 Å². The summed E-state index contributed by atoms with van der Waals surface area (Å²) in [5.74, 6) is 5.70. The highest BCUT2D eigenvalue weighted by Crippen LogP contribution is 2.46. The summed E-state index contributed by atoms with van der Waals surface area (Å²) in [6.07, 6.45) is 27.7. The van der Waals surface area contributed by atoms with Gasteiger partial charge in [-0.2, -0.15) is 0 Å². The molecule has 0 radical (unpaired) electrons. The smallest absolute Gasteiger partial charge is 0.128 e. The molecular formula is C60H74O2. The van der Waals surface area contributed by atoms with E-state index in [0.29, 0.717) is 13.2 Å². The molecule has 0 bridgehead atoms. The summed E-state index contributed by atoms with van der Waals surface area (Å²) in [7, 11) is 0. The maximum absolute atomic E-state index is 6.83. The lowest BCUT2D eigenvalue weighted by molar-refractivity contribution is 0.248. The molecule has 0 amide bonds. The quantitative estimate of drug-likeness (QED) is 0.0673. The molecule has 326 valence electrons. The predicted octanol–water partition coefficient (Wildman–Crippen LogP) is 17.5. The largest absolute Gasteiger partial charge is 0.488 e. The zero-order chi connectivity index (χ0) is 42.4. The van der Waals surface area contributed by atoms with Crippen molar-refractivity contribution in [1.29, 1.82) is 0 Å². The average Bonchev–Trinajstić information content (AvgIpc) is 3.32. The minimum absolute atomic E-state index is 0.514. The Balaban J connectivity index is 0.906. The Morgan fingerprint density at radius 3 is 1.11 bits per heavy atom. The third-order valence-electron chi connectivity index (χ3n) is 14.8. The lowest BCUT2D eigenvalue weighted by Gasteiger charge is -2.28. The molecule has 0 saturated heterocycles. The van der Waals surface area contributed by atoms with Crippen LogP contribution in [0.4, 0.5) is 0 Å². The van der Waals surface area contributed by atoms with E-state index in [9.17, 15) is 0 Å². The van der Waals surface area contributed by atoms with Crippen LogP contribution >= 0.6 is 0 Å². The van der Waals surface area contributed by atoms with Crippen molar-refractivity contribution < 1.29 is 9.47 Å². The number of benzene rings is 6. The van der Waals surface area contributed by atoms with E-state index in [2.05, 4.69) is 135 Å². The van der Waals surface area contributed by atoms with Gasteiger partial charge in [-0.15, -0.1) is 0 Å². The van der Waals surface area contributed by atoms with Crippen molar-refractivity contribution in [2.24, 2.45) is 23.7 Å². The molecule has 0 unspecified atom stereocenters. The van der Waals surface area contributed by atoms with Crippen LogP contribution in [-0.2, 0) is 26.1 Å². The topological polar surface area (TPSA) is 18.5 Å². The molecule has 2 aliphatic rings. The number of rotatable bonds is 21. The van der Waals surface area contributed by atoms with Crippen molar-refractivity contribution in [1.82, 2.24) is 0 Å². The van der Waals surface area contributed by atoms with Crippen LogP contribution in [0.3, 0.4) is 0 Å². The second-order valence-corrected chi connectivity index (χ2v) is 19.4. The van der Waals surface area contributed by atoms with Gasteiger partial charge in [-0.05, 0) is 105 Å². The molecule has 2 fully saturated rings. The fraction of sp³-hybridized carbons (Fsp3) is 0.467. The van der Waals surface area contributed by atoms with E-state index in [0.717, 1.165) is 59.1 Å². The van der Waals surface area contributed by atoms with Gasteiger partial charge >= 0.3 is 0 Å². The van der Waals surface area contributed by atoms with Crippen molar-refractivity contribution in [3.05, 3.63) is 144 Å². The Kier molecular flexibility index (Phi) is 16.1. The second kappa shape index (κ2) is 22.7. The van der Waals surface area contributed by atoms with Crippen LogP contribution in [0, 0.1) is 23.7 Å². The van der Waals surface area contributed by atoms with Crippen LogP contribution in [-0.4, -0.2) is 0 Å². The van der Waals surface area contributed by atoms with Gasteiger partial charge in [0.2, 0.25) is 0 Å². The summed E-state index contributed by atoms with van der Waals surface area (Å²) in [5, 5.41) is 4.72. The molecule has 2 nitrogen and oxygen atoms in total. The van der Waals surface area contributed by atoms with Gasteiger partial charge in [0.1, 0.15) is 24.7 Å². The number of unbranched alkanes of at least 4 members (excludes halogenated alkanes) is 2. The Bertz CT molecular complexity index is 2090. The van der Waals surface area contributed by atoms with Crippen LogP contribution in [0.1, 0.15) is 152 Å². The van der Waals surface area contributed by atoms with Gasteiger partial charge in [0.15, 0.2) is 0 Å². The van der Waals surface area contributed by atoms with Gasteiger partial charge in [0, 0.05) is 11.1 Å². The van der Waals surface area contributed by atoms with Gasteiger partial charge in [-0.25, -0.2) is 0 Å². The lowest BCUT2D eigenvalue weighted by Crippen LogP contribution is -2.14. The number of fused-ring (bicyclic) bond motifs is 2. The summed E-state index contributed by atoms with van der Waals surface area (Å²) in [4.78, 5) is 0. The van der Waals surface area contributed by atoms with Crippen LogP contribution in [0.5, 0.6) is 11.5 Å². The van der Waals surface area contributed by atoms with Gasteiger partial charge in [0.05, 0.1) is 0 Å². The third kappa shape index (κ3) is 11.9. The zero-order valence-corrected chi connectivity index (χ0v) is 38.2. The van der Waals surface area contributed by atoms with E-state index in [-0.39, 0.29) is 0 Å². The summed E-state index contributed by atoms with van der Waals surface area (Å²) in [6, 6.07) is 44.4. The number of hydrogen-bond acceptors (Lipinski definition) is 2. The van der Waals surface area contributed by atoms with Crippen molar-refractivity contribution >= 4 is 21.5 Å². The standard InChI is InChI=1S/C60H74O2/c1-3-13-45-23-27-47(28-24-45)15-5-7-17-49-31-35-51(36-32-49)43-61-57-41-39-53-19-9-11-21-55(53)59(57)60-56-22-12-10-20-54(56)40-42-58(60)62-44-52-37-33-50(34-38-52)18-8-6-16-48-29-25-46(14-4-2)26-30-48/h9-12,19-22,31-42,45-48H,3-8,13-18,23-30,43-44H2,1-2H3. The molecule has 0 atom stereocenters. The first-order valence-electron chi connectivity index (χ1n) is 25.1. The second-order valence-electron chi connectivity index (χ2n) is 19.4. The molecule has 0 N–H and O–H groups in total. The first kappa shape index (κ1) is 44.1. The highest BCUT2D eigenvalue weighted by molar-refractivity contribution is 6.09. The molecule has 0 spiro atoms. The third-order valence-corrected chi connectivity index (χ3v) is 14.8. The highest BCUT2D eigenvalue weighted by Gasteiger charge is 2.22. The van der Waals surface area contributed by atoms with E-state index >= 15 is 0 Å². The van der Waals surface area contributed by atoms with E-state index in [1.807, 2.05) is 0 Å². The summed E-state index contributed by atoms with van der Waals surface area (Å²) in [5.41, 5.74) is 7.44. The fourth-order valence-corrected chi connectivity index (χ4v) is 11.1. The molecule has 0 aliphatic heterocycles. The molecule has 62 heavy (non-hydrogen) atoms. The fourth-order valence-electron chi connectivity index (χ4n) is 11.1. The summed E-state index contributed by atoms with van der Waals surface area (Å²) >= 11 is 0. The SMILES string of the molecule is CCCC1CCC(CCCCc2ccc(COc3ccc4ccccc4c3-c3c(OCc4ccc(CCCCC5CCC(CCC)CC5)cc4)ccc4ccccc34)cc2)CC1. The highest BCUT2D eigenvalue weighted by atomic mass is 16.5. The maximum Gasteiger partial charge on any atom is 0.128 e. The van der Waals surface area contributed by atoms with Crippen molar-refractivity contribution in [3.63, 3.8) is 0 Å². The van der Waals surface area contributed by atoms with Gasteiger partial charge in [0.25, 0.3) is 0 Å². The van der Waals surface area contributed by atoms with Gasteiger partial charge in [-0.3, -0.25) is 0 Å². The van der Waals surface area contributed by atoms with Crippen LogP contribution < -0.4 is 9.47 Å². The van der Waals surface area contributed by atoms with Crippen molar-refractivity contribution in [2.75, 3.05) is 0 Å². The lowest BCUT2D eigenvalue weighted by atomic mass is 9.78.